The van der Waals surface area contributed by atoms with E-state index in [-0.39, 0.29) is 17.5 Å². The maximum Gasteiger partial charge on any atom is 0.341 e. The molecule has 2 aromatic carbocycles. The standard InChI is InChI=1S/C21H26O3/c1-19(2,3)20(4,5)24-18(22)21(6)17(23-21)16-12-11-14-9-7-8-10-15(14)13-16/h7-13,17H,1-6H3. The van der Waals surface area contributed by atoms with Crippen molar-refractivity contribution in [3.8, 4) is 0 Å². The first kappa shape index (κ1) is 17.0. The minimum atomic E-state index is -0.898. The van der Waals surface area contributed by atoms with E-state index in [0.717, 1.165) is 10.9 Å². The van der Waals surface area contributed by atoms with Crippen LogP contribution in [0.25, 0.3) is 10.8 Å². The summed E-state index contributed by atoms with van der Waals surface area (Å²) in [4.78, 5) is 12.7. The van der Waals surface area contributed by atoms with Crippen LogP contribution in [0.15, 0.2) is 42.5 Å². The fourth-order valence-electron chi connectivity index (χ4n) is 2.61. The molecule has 3 nitrogen and oxygen atoms in total. The van der Waals surface area contributed by atoms with E-state index in [4.69, 9.17) is 9.47 Å². The quantitative estimate of drug-likeness (QED) is 0.586. The van der Waals surface area contributed by atoms with Gasteiger partial charge in [0.15, 0.2) is 5.60 Å². The molecule has 2 atom stereocenters. The van der Waals surface area contributed by atoms with E-state index >= 15 is 0 Å². The normalized spacial score (nSPS) is 24.0. The SMILES string of the molecule is CC1(C(=O)OC(C)(C)C(C)(C)C)OC1c1ccc2ccccc2c1. The zero-order valence-corrected chi connectivity index (χ0v) is 15.3. The Morgan fingerprint density at radius 3 is 2.29 bits per heavy atom. The van der Waals surface area contributed by atoms with Crippen LogP contribution >= 0.6 is 0 Å². The second kappa shape index (κ2) is 5.32. The minimum Gasteiger partial charge on any atom is -0.457 e. The molecule has 0 spiro atoms. The van der Waals surface area contributed by atoms with Crippen LogP contribution < -0.4 is 0 Å². The van der Waals surface area contributed by atoms with Gasteiger partial charge in [-0.15, -0.1) is 0 Å². The highest BCUT2D eigenvalue weighted by Crippen LogP contribution is 2.51. The third kappa shape index (κ3) is 2.82. The topological polar surface area (TPSA) is 38.8 Å². The highest BCUT2D eigenvalue weighted by atomic mass is 16.7. The number of fused-ring (bicyclic) bond motifs is 1. The van der Waals surface area contributed by atoms with Crippen molar-refractivity contribution in [2.45, 2.75) is 58.8 Å². The van der Waals surface area contributed by atoms with Gasteiger partial charge >= 0.3 is 5.97 Å². The lowest BCUT2D eigenvalue weighted by Gasteiger charge is -2.38. The van der Waals surface area contributed by atoms with Gasteiger partial charge < -0.3 is 9.47 Å². The number of epoxide rings is 1. The van der Waals surface area contributed by atoms with Gasteiger partial charge in [0.2, 0.25) is 0 Å². The van der Waals surface area contributed by atoms with Crippen molar-refractivity contribution in [3.63, 3.8) is 0 Å². The molecule has 24 heavy (non-hydrogen) atoms. The van der Waals surface area contributed by atoms with E-state index in [0.29, 0.717) is 0 Å². The van der Waals surface area contributed by atoms with E-state index in [1.807, 2.05) is 39.0 Å². The summed E-state index contributed by atoms with van der Waals surface area (Å²) in [7, 11) is 0. The number of benzene rings is 2. The zero-order chi connectivity index (χ0) is 17.8. The van der Waals surface area contributed by atoms with Crippen LogP contribution in [0.1, 0.15) is 53.2 Å². The van der Waals surface area contributed by atoms with Gasteiger partial charge in [-0.05, 0) is 43.2 Å². The van der Waals surface area contributed by atoms with Crippen LogP contribution in [0.5, 0.6) is 0 Å². The highest BCUT2D eigenvalue weighted by molar-refractivity contribution is 5.86. The number of hydrogen-bond acceptors (Lipinski definition) is 3. The molecule has 0 aliphatic carbocycles. The zero-order valence-electron chi connectivity index (χ0n) is 15.3. The Hall–Kier alpha value is -1.87. The van der Waals surface area contributed by atoms with Crippen molar-refractivity contribution >= 4 is 16.7 Å². The summed E-state index contributed by atoms with van der Waals surface area (Å²) in [5.41, 5.74) is -0.591. The lowest BCUT2D eigenvalue weighted by molar-refractivity contribution is -0.173. The van der Waals surface area contributed by atoms with Crippen LogP contribution in [-0.2, 0) is 14.3 Å². The number of esters is 1. The van der Waals surface area contributed by atoms with Crippen LogP contribution in [0.3, 0.4) is 0 Å². The summed E-state index contributed by atoms with van der Waals surface area (Å²) < 4.78 is 11.6. The van der Waals surface area contributed by atoms with Gasteiger partial charge in [-0.25, -0.2) is 4.79 Å². The molecule has 0 aromatic heterocycles. The van der Waals surface area contributed by atoms with Crippen LogP contribution in [0.2, 0.25) is 0 Å². The van der Waals surface area contributed by atoms with Crippen molar-refractivity contribution in [3.05, 3.63) is 48.0 Å². The van der Waals surface area contributed by atoms with Gasteiger partial charge in [-0.2, -0.15) is 0 Å². The van der Waals surface area contributed by atoms with Gasteiger partial charge in [-0.3, -0.25) is 0 Å². The average Bonchev–Trinajstić information content (AvgIpc) is 3.19. The van der Waals surface area contributed by atoms with Crippen molar-refractivity contribution in [2.75, 3.05) is 0 Å². The molecule has 0 radical (unpaired) electrons. The number of ether oxygens (including phenoxy) is 2. The van der Waals surface area contributed by atoms with Crippen molar-refractivity contribution in [2.24, 2.45) is 5.41 Å². The number of rotatable bonds is 3. The average molecular weight is 326 g/mol. The molecule has 0 saturated carbocycles. The lowest BCUT2D eigenvalue weighted by Crippen LogP contribution is -2.44. The fraction of sp³-hybridized carbons (Fsp3) is 0.476. The summed E-state index contributed by atoms with van der Waals surface area (Å²) in [5, 5.41) is 2.33. The molecular formula is C21H26O3. The molecule has 1 aliphatic rings. The predicted octanol–water partition coefficient (Wildman–Crippen LogP) is 5.04. The molecule has 2 unspecified atom stereocenters. The van der Waals surface area contributed by atoms with Crippen molar-refractivity contribution in [1.82, 2.24) is 0 Å². The molecule has 3 rings (SSSR count). The molecule has 1 aliphatic heterocycles. The number of hydrogen-bond donors (Lipinski definition) is 0. The molecule has 0 bridgehead atoms. The second-order valence-corrected chi connectivity index (χ2v) is 8.36. The molecular weight excluding hydrogens is 300 g/mol. The first-order valence-electron chi connectivity index (χ1n) is 8.44. The molecule has 1 fully saturated rings. The van der Waals surface area contributed by atoms with Gasteiger partial charge in [-0.1, -0.05) is 57.2 Å². The largest absolute Gasteiger partial charge is 0.457 e. The molecule has 128 valence electrons. The Kier molecular flexibility index (Phi) is 3.76. The second-order valence-electron chi connectivity index (χ2n) is 8.36. The van der Waals surface area contributed by atoms with Crippen molar-refractivity contribution in [1.29, 1.82) is 0 Å². The third-order valence-corrected chi connectivity index (χ3v) is 5.44. The summed E-state index contributed by atoms with van der Waals surface area (Å²) >= 11 is 0. The van der Waals surface area contributed by atoms with Gasteiger partial charge in [0.25, 0.3) is 0 Å². The summed E-state index contributed by atoms with van der Waals surface area (Å²) in [6.07, 6.45) is -0.245. The Bertz CT molecular complexity index is 785. The lowest BCUT2D eigenvalue weighted by atomic mass is 9.79. The van der Waals surface area contributed by atoms with E-state index in [2.05, 4.69) is 45.0 Å². The maximum atomic E-state index is 12.7. The molecule has 0 N–H and O–H groups in total. The van der Waals surface area contributed by atoms with Crippen LogP contribution in [0.4, 0.5) is 0 Å². The first-order valence-corrected chi connectivity index (χ1v) is 8.44. The Balaban J connectivity index is 1.80. The fourth-order valence-corrected chi connectivity index (χ4v) is 2.61. The van der Waals surface area contributed by atoms with E-state index in [1.54, 1.807) is 0 Å². The van der Waals surface area contributed by atoms with E-state index in [1.165, 1.54) is 5.39 Å². The Labute approximate surface area is 144 Å². The van der Waals surface area contributed by atoms with Crippen molar-refractivity contribution < 1.29 is 14.3 Å². The number of carbonyl (C=O) groups excluding carboxylic acids is 1. The van der Waals surface area contributed by atoms with Crippen LogP contribution in [-0.4, -0.2) is 17.2 Å². The minimum absolute atomic E-state index is 0.146. The highest BCUT2D eigenvalue weighted by Gasteiger charge is 2.62. The molecule has 1 heterocycles. The van der Waals surface area contributed by atoms with Gasteiger partial charge in [0, 0.05) is 5.41 Å². The maximum absolute atomic E-state index is 12.7. The smallest absolute Gasteiger partial charge is 0.341 e. The third-order valence-electron chi connectivity index (χ3n) is 5.44. The Morgan fingerprint density at radius 1 is 1.04 bits per heavy atom. The predicted molar refractivity (Wildman–Crippen MR) is 95.8 cm³/mol. The number of carbonyl (C=O) groups is 1. The van der Waals surface area contributed by atoms with Gasteiger partial charge in [0.1, 0.15) is 11.7 Å². The molecule has 3 heteroatoms. The first-order chi connectivity index (χ1) is 11.0. The van der Waals surface area contributed by atoms with Crippen LogP contribution in [0, 0.1) is 5.41 Å². The summed E-state index contributed by atoms with van der Waals surface area (Å²) in [6, 6.07) is 14.4. The monoisotopic (exact) mass is 326 g/mol. The Morgan fingerprint density at radius 2 is 1.67 bits per heavy atom. The van der Waals surface area contributed by atoms with Gasteiger partial charge in [0.05, 0.1) is 0 Å². The summed E-state index contributed by atoms with van der Waals surface area (Å²) in [6.45, 7) is 11.9. The van der Waals surface area contributed by atoms with E-state index in [9.17, 15) is 4.79 Å². The summed E-state index contributed by atoms with van der Waals surface area (Å²) in [5.74, 6) is -0.291. The molecule has 2 aromatic rings. The molecule has 1 saturated heterocycles. The van der Waals surface area contributed by atoms with E-state index < -0.39 is 11.2 Å². The molecule has 0 amide bonds.